The van der Waals surface area contributed by atoms with Crippen molar-refractivity contribution < 1.29 is 9.90 Å². The maximum Gasteiger partial charge on any atom is 0.182 e. The van der Waals surface area contributed by atoms with Gasteiger partial charge in [-0.1, -0.05) is 30.3 Å². The lowest BCUT2D eigenvalue weighted by Crippen LogP contribution is -2.31. The van der Waals surface area contributed by atoms with E-state index in [0.717, 1.165) is 0 Å². The van der Waals surface area contributed by atoms with E-state index in [1.165, 1.54) is 0 Å². The van der Waals surface area contributed by atoms with Crippen molar-refractivity contribution in [3.8, 4) is 0 Å². The number of ketones is 1. The summed E-state index contributed by atoms with van der Waals surface area (Å²) in [6.07, 6.45) is -1.10. The summed E-state index contributed by atoms with van der Waals surface area (Å²) in [5.74, 6) is -0.355. The van der Waals surface area contributed by atoms with Crippen LogP contribution in [0.15, 0.2) is 30.3 Å². The van der Waals surface area contributed by atoms with Crippen molar-refractivity contribution >= 4 is 5.78 Å². The monoisotopic (exact) mass is 179 g/mol. The molecule has 2 atom stereocenters. The van der Waals surface area contributed by atoms with E-state index in [0.29, 0.717) is 5.56 Å². The van der Waals surface area contributed by atoms with Crippen LogP contribution in [0.3, 0.4) is 0 Å². The zero-order valence-electron chi connectivity index (χ0n) is 7.47. The van der Waals surface area contributed by atoms with E-state index in [2.05, 4.69) is 0 Å². The summed E-state index contributed by atoms with van der Waals surface area (Å²) < 4.78 is 0. The third-order valence-electron chi connectivity index (χ3n) is 1.83. The highest BCUT2D eigenvalue weighted by Crippen LogP contribution is 2.13. The van der Waals surface area contributed by atoms with Crippen LogP contribution in [0.1, 0.15) is 18.6 Å². The van der Waals surface area contributed by atoms with Crippen LogP contribution in [0.5, 0.6) is 0 Å². The van der Waals surface area contributed by atoms with Gasteiger partial charge in [-0.2, -0.15) is 0 Å². The highest BCUT2D eigenvalue weighted by Gasteiger charge is 2.19. The molecule has 0 aliphatic carbocycles. The summed E-state index contributed by atoms with van der Waals surface area (Å²) in [5.41, 5.74) is 5.95. The Labute approximate surface area is 77.2 Å². The smallest absolute Gasteiger partial charge is 0.182 e. The number of aliphatic hydroxyl groups is 1. The highest BCUT2D eigenvalue weighted by atomic mass is 16.3. The van der Waals surface area contributed by atoms with Crippen molar-refractivity contribution in [3.05, 3.63) is 35.9 Å². The molecule has 1 rings (SSSR count). The predicted molar refractivity (Wildman–Crippen MR) is 50.1 cm³/mol. The highest BCUT2D eigenvalue weighted by molar-refractivity contribution is 5.88. The van der Waals surface area contributed by atoms with Gasteiger partial charge in [0.15, 0.2) is 5.78 Å². The zero-order chi connectivity index (χ0) is 9.84. The lowest BCUT2D eigenvalue weighted by molar-refractivity contribution is -0.128. The van der Waals surface area contributed by atoms with Crippen molar-refractivity contribution in [2.45, 2.75) is 19.1 Å². The van der Waals surface area contributed by atoms with Crippen LogP contribution in [0, 0.1) is 0 Å². The van der Waals surface area contributed by atoms with Gasteiger partial charge in [0, 0.05) is 0 Å². The van der Waals surface area contributed by atoms with E-state index in [-0.39, 0.29) is 5.78 Å². The van der Waals surface area contributed by atoms with E-state index in [1.54, 1.807) is 31.2 Å². The van der Waals surface area contributed by atoms with Crippen LogP contribution in [0.25, 0.3) is 0 Å². The molecule has 13 heavy (non-hydrogen) atoms. The van der Waals surface area contributed by atoms with Gasteiger partial charge < -0.3 is 10.8 Å². The van der Waals surface area contributed by atoms with Crippen molar-refractivity contribution in [1.29, 1.82) is 0 Å². The molecule has 0 radical (unpaired) electrons. The molecule has 3 N–H and O–H groups in total. The molecule has 0 fully saturated rings. The second kappa shape index (κ2) is 4.16. The standard InChI is InChI=1S/C10H13NO2/c1-7(11)9(12)10(13)8-5-3-2-4-6-8/h2-7,10,13H,11H2,1H3. The van der Waals surface area contributed by atoms with E-state index < -0.39 is 12.1 Å². The normalized spacial score (nSPS) is 15.0. The lowest BCUT2D eigenvalue weighted by Gasteiger charge is -2.11. The van der Waals surface area contributed by atoms with Gasteiger partial charge in [-0.25, -0.2) is 0 Å². The van der Waals surface area contributed by atoms with Crippen LogP contribution >= 0.6 is 0 Å². The van der Waals surface area contributed by atoms with Crippen molar-refractivity contribution in [3.63, 3.8) is 0 Å². The Bertz CT molecular complexity index is 282. The number of hydrogen-bond donors (Lipinski definition) is 2. The number of hydrogen-bond acceptors (Lipinski definition) is 3. The molecule has 0 amide bonds. The second-order valence-electron chi connectivity index (χ2n) is 3.00. The van der Waals surface area contributed by atoms with Gasteiger partial charge in [0.2, 0.25) is 0 Å². The van der Waals surface area contributed by atoms with E-state index in [1.807, 2.05) is 6.07 Å². The van der Waals surface area contributed by atoms with Gasteiger partial charge in [0.25, 0.3) is 0 Å². The molecular formula is C10H13NO2. The van der Waals surface area contributed by atoms with Crippen LogP contribution < -0.4 is 5.73 Å². The summed E-state index contributed by atoms with van der Waals surface area (Å²) >= 11 is 0. The molecule has 1 aromatic rings. The molecule has 0 spiro atoms. The summed E-state index contributed by atoms with van der Waals surface area (Å²) in [6, 6.07) is 8.14. The molecule has 0 aliphatic heterocycles. The number of nitrogens with two attached hydrogens (primary N) is 1. The molecule has 3 nitrogen and oxygen atoms in total. The average molecular weight is 179 g/mol. The summed E-state index contributed by atoms with van der Waals surface area (Å²) in [6.45, 7) is 1.56. The number of rotatable bonds is 3. The molecule has 0 bridgehead atoms. The maximum atomic E-state index is 11.3. The first kappa shape index (κ1) is 9.89. The third kappa shape index (κ3) is 2.37. The first-order chi connectivity index (χ1) is 6.13. The van der Waals surface area contributed by atoms with Crippen LogP contribution in [-0.2, 0) is 4.79 Å². The first-order valence-corrected chi connectivity index (χ1v) is 4.15. The van der Waals surface area contributed by atoms with Gasteiger partial charge in [0.05, 0.1) is 6.04 Å². The Kier molecular flexibility index (Phi) is 3.17. The first-order valence-electron chi connectivity index (χ1n) is 4.15. The Morgan fingerprint density at radius 3 is 2.38 bits per heavy atom. The molecular weight excluding hydrogens is 166 g/mol. The molecule has 1 aromatic carbocycles. The number of carbonyl (C=O) groups excluding carboxylic acids is 1. The zero-order valence-corrected chi connectivity index (χ0v) is 7.47. The minimum atomic E-state index is -1.10. The largest absolute Gasteiger partial charge is 0.380 e. The van der Waals surface area contributed by atoms with Gasteiger partial charge in [-0.15, -0.1) is 0 Å². The van der Waals surface area contributed by atoms with Crippen LogP contribution in [-0.4, -0.2) is 16.9 Å². The Hall–Kier alpha value is -1.19. The SMILES string of the molecule is CC(N)C(=O)C(O)c1ccccc1. The van der Waals surface area contributed by atoms with Gasteiger partial charge in [0.1, 0.15) is 6.10 Å². The lowest BCUT2D eigenvalue weighted by atomic mass is 10.0. The quantitative estimate of drug-likeness (QED) is 0.715. The molecule has 2 unspecified atom stereocenters. The molecule has 0 saturated carbocycles. The minimum Gasteiger partial charge on any atom is -0.380 e. The van der Waals surface area contributed by atoms with Gasteiger partial charge >= 0.3 is 0 Å². The molecule has 70 valence electrons. The fourth-order valence-electron chi connectivity index (χ4n) is 1.05. The molecule has 0 aliphatic rings. The fraction of sp³-hybridized carbons (Fsp3) is 0.300. The Morgan fingerprint density at radius 2 is 1.92 bits per heavy atom. The summed E-state index contributed by atoms with van der Waals surface area (Å²) in [5, 5.41) is 9.53. The number of carbonyl (C=O) groups is 1. The second-order valence-corrected chi connectivity index (χ2v) is 3.00. The maximum absolute atomic E-state index is 11.3. The van der Waals surface area contributed by atoms with E-state index in [9.17, 15) is 9.90 Å². The molecule has 0 aromatic heterocycles. The average Bonchev–Trinajstić information content (AvgIpc) is 2.17. The summed E-state index contributed by atoms with van der Waals surface area (Å²) in [4.78, 5) is 11.3. The fourth-order valence-corrected chi connectivity index (χ4v) is 1.05. The Morgan fingerprint density at radius 1 is 1.38 bits per heavy atom. The van der Waals surface area contributed by atoms with Crippen molar-refractivity contribution in [2.24, 2.45) is 5.73 Å². The molecule has 0 saturated heterocycles. The van der Waals surface area contributed by atoms with Crippen molar-refractivity contribution in [1.82, 2.24) is 0 Å². The van der Waals surface area contributed by atoms with Crippen LogP contribution in [0.4, 0.5) is 0 Å². The summed E-state index contributed by atoms with van der Waals surface area (Å²) in [7, 11) is 0. The number of Topliss-reactive ketones (excluding diaryl/α,β-unsaturated/α-hetero) is 1. The van der Waals surface area contributed by atoms with E-state index in [4.69, 9.17) is 5.73 Å². The minimum absolute atomic E-state index is 0.355. The Balaban J connectivity index is 2.80. The van der Waals surface area contributed by atoms with E-state index >= 15 is 0 Å². The molecule has 0 heterocycles. The number of benzene rings is 1. The third-order valence-corrected chi connectivity index (χ3v) is 1.83. The van der Waals surface area contributed by atoms with Gasteiger partial charge in [-0.3, -0.25) is 4.79 Å². The van der Waals surface area contributed by atoms with Crippen molar-refractivity contribution in [2.75, 3.05) is 0 Å². The number of aliphatic hydroxyl groups excluding tert-OH is 1. The van der Waals surface area contributed by atoms with Gasteiger partial charge in [-0.05, 0) is 12.5 Å². The topological polar surface area (TPSA) is 63.3 Å². The predicted octanol–water partition coefficient (Wildman–Crippen LogP) is 0.636. The molecule has 3 heteroatoms. The van der Waals surface area contributed by atoms with Crippen LogP contribution in [0.2, 0.25) is 0 Å².